The van der Waals surface area contributed by atoms with Crippen molar-refractivity contribution >= 4 is 23.3 Å². The zero-order chi connectivity index (χ0) is 20.1. The van der Waals surface area contributed by atoms with E-state index in [-0.39, 0.29) is 17.4 Å². The lowest BCUT2D eigenvalue weighted by Crippen LogP contribution is -2.16. The molecule has 0 radical (unpaired) electrons. The van der Waals surface area contributed by atoms with Crippen LogP contribution in [-0.2, 0) is 6.54 Å². The minimum atomic E-state index is -0.333. The predicted octanol–water partition coefficient (Wildman–Crippen LogP) is 4.16. The number of rotatable bonds is 6. The molecule has 0 atom stereocenters. The van der Waals surface area contributed by atoms with Crippen LogP contribution in [0.1, 0.15) is 44.6 Å². The number of amides is 1. The summed E-state index contributed by atoms with van der Waals surface area (Å²) in [5.41, 5.74) is 4.48. The van der Waals surface area contributed by atoms with Gasteiger partial charge in [-0.3, -0.25) is 9.59 Å². The SMILES string of the molecule is CC(=O)c1ccc(NC(=O)c2cc(C)nc(NCc3ccccc3C)n2)cc1. The van der Waals surface area contributed by atoms with E-state index in [9.17, 15) is 9.59 Å². The monoisotopic (exact) mass is 374 g/mol. The van der Waals surface area contributed by atoms with Crippen LogP contribution in [-0.4, -0.2) is 21.7 Å². The van der Waals surface area contributed by atoms with Crippen molar-refractivity contribution in [1.82, 2.24) is 9.97 Å². The number of Topliss-reactive ketones (excluding diaryl/α,β-unsaturated/α-hetero) is 1. The molecule has 3 aromatic rings. The van der Waals surface area contributed by atoms with Crippen molar-refractivity contribution in [3.05, 3.63) is 82.7 Å². The molecule has 2 aromatic carbocycles. The lowest BCUT2D eigenvalue weighted by atomic mass is 10.1. The number of nitrogens with zero attached hydrogens (tertiary/aromatic N) is 2. The third kappa shape index (κ3) is 4.79. The van der Waals surface area contributed by atoms with Gasteiger partial charge in [0.25, 0.3) is 5.91 Å². The number of aromatic nitrogens is 2. The van der Waals surface area contributed by atoms with Crippen LogP contribution in [0.25, 0.3) is 0 Å². The highest BCUT2D eigenvalue weighted by Gasteiger charge is 2.12. The fourth-order valence-electron chi connectivity index (χ4n) is 2.73. The summed E-state index contributed by atoms with van der Waals surface area (Å²) in [4.78, 5) is 32.6. The van der Waals surface area contributed by atoms with E-state index in [4.69, 9.17) is 0 Å². The van der Waals surface area contributed by atoms with E-state index in [1.807, 2.05) is 38.1 Å². The van der Waals surface area contributed by atoms with Gasteiger partial charge in [-0.15, -0.1) is 0 Å². The van der Waals surface area contributed by atoms with Crippen LogP contribution >= 0.6 is 0 Å². The van der Waals surface area contributed by atoms with Gasteiger partial charge in [-0.2, -0.15) is 0 Å². The molecule has 1 aromatic heterocycles. The zero-order valence-electron chi connectivity index (χ0n) is 16.1. The molecule has 0 bridgehead atoms. The normalized spacial score (nSPS) is 10.4. The van der Waals surface area contributed by atoms with Crippen LogP contribution in [0, 0.1) is 13.8 Å². The summed E-state index contributed by atoms with van der Waals surface area (Å²) < 4.78 is 0. The van der Waals surface area contributed by atoms with Gasteiger partial charge in [0, 0.05) is 23.5 Å². The Balaban J connectivity index is 1.72. The van der Waals surface area contributed by atoms with E-state index < -0.39 is 0 Å². The van der Waals surface area contributed by atoms with E-state index in [1.165, 1.54) is 12.5 Å². The van der Waals surface area contributed by atoms with Gasteiger partial charge in [-0.1, -0.05) is 24.3 Å². The second kappa shape index (κ2) is 8.43. The second-order valence-corrected chi connectivity index (χ2v) is 6.59. The van der Waals surface area contributed by atoms with Crippen molar-refractivity contribution in [2.45, 2.75) is 27.3 Å². The Morgan fingerprint density at radius 1 is 0.964 bits per heavy atom. The quantitative estimate of drug-likeness (QED) is 0.633. The van der Waals surface area contributed by atoms with Gasteiger partial charge >= 0.3 is 0 Å². The number of hydrogen-bond acceptors (Lipinski definition) is 5. The molecule has 28 heavy (non-hydrogen) atoms. The van der Waals surface area contributed by atoms with E-state index in [0.717, 1.165) is 5.56 Å². The minimum absolute atomic E-state index is 0.0197. The van der Waals surface area contributed by atoms with Gasteiger partial charge in [0.15, 0.2) is 5.78 Å². The maximum Gasteiger partial charge on any atom is 0.274 e. The Bertz CT molecular complexity index is 1010. The molecule has 0 saturated heterocycles. The van der Waals surface area contributed by atoms with E-state index in [0.29, 0.717) is 29.4 Å². The number of hydrogen-bond donors (Lipinski definition) is 2. The smallest absolute Gasteiger partial charge is 0.274 e. The first kappa shape index (κ1) is 19.2. The highest BCUT2D eigenvalue weighted by Crippen LogP contribution is 2.14. The summed E-state index contributed by atoms with van der Waals surface area (Å²) in [7, 11) is 0. The Hall–Kier alpha value is -3.54. The van der Waals surface area contributed by atoms with Crippen molar-refractivity contribution in [3.63, 3.8) is 0 Å². The second-order valence-electron chi connectivity index (χ2n) is 6.59. The van der Waals surface area contributed by atoms with Gasteiger partial charge in [-0.25, -0.2) is 9.97 Å². The molecule has 0 aliphatic heterocycles. The average molecular weight is 374 g/mol. The number of anilines is 2. The lowest BCUT2D eigenvalue weighted by Gasteiger charge is -2.10. The molecule has 0 fully saturated rings. The molecule has 0 aliphatic rings. The summed E-state index contributed by atoms with van der Waals surface area (Å²) in [6.45, 7) is 5.94. The minimum Gasteiger partial charge on any atom is -0.350 e. The van der Waals surface area contributed by atoms with Crippen LogP contribution in [0.3, 0.4) is 0 Å². The number of aryl methyl sites for hydroxylation is 2. The molecule has 0 aliphatic carbocycles. The van der Waals surface area contributed by atoms with Crippen molar-refractivity contribution < 1.29 is 9.59 Å². The average Bonchev–Trinajstić information content (AvgIpc) is 2.67. The van der Waals surface area contributed by atoms with Crippen molar-refractivity contribution in [2.75, 3.05) is 10.6 Å². The van der Waals surface area contributed by atoms with Crippen molar-refractivity contribution in [2.24, 2.45) is 0 Å². The maximum absolute atomic E-state index is 12.6. The maximum atomic E-state index is 12.6. The van der Waals surface area contributed by atoms with Crippen LogP contribution in [0.5, 0.6) is 0 Å². The Morgan fingerprint density at radius 3 is 2.36 bits per heavy atom. The van der Waals surface area contributed by atoms with Crippen molar-refractivity contribution in [3.8, 4) is 0 Å². The molecule has 2 N–H and O–H groups in total. The molecule has 0 spiro atoms. The van der Waals surface area contributed by atoms with Gasteiger partial charge < -0.3 is 10.6 Å². The van der Waals surface area contributed by atoms with Crippen LogP contribution in [0.4, 0.5) is 11.6 Å². The molecule has 6 heteroatoms. The Morgan fingerprint density at radius 2 is 1.68 bits per heavy atom. The van der Waals surface area contributed by atoms with E-state index >= 15 is 0 Å². The third-order valence-electron chi connectivity index (χ3n) is 4.33. The highest BCUT2D eigenvalue weighted by atomic mass is 16.2. The van der Waals surface area contributed by atoms with Gasteiger partial charge in [0.1, 0.15) is 5.69 Å². The fourth-order valence-corrected chi connectivity index (χ4v) is 2.73. The van der Waals surface area contributed by atoms with Crippen molar-refractivity contribution in [1.29, 1.82) is 0 Å². The number of carbonyl (C=O) groups excluding carboxylic acids is 2. The molecular weight excluding hydrogens is 352 g/mol. The molecule has 1 amide bonds. The topological polar surface area (TPSA) is 84.0 Å². The van der Waals surface area contributed by atoms with Crippen LogP contribution in [0.15, 0.2) is 54.6 Å². The number of benzene rings is 2. The first-order valence-electron chi connectivity index (χ1n) is 8.99. The summed E-state index contributed by atoms with van der Waals surface area (Å²) in [6, 6.07) is 16.4. The molecular formula is C22H22N4O2. The summed E-state index contributed by atoms with van der Waals surface area (Å²) in [5, 5.41) is 5.98. The summed E-state index contributed by atoms with van der Waals surface area (Å²) in [6.07, 6.45) is 0. The predicted molar refractivity (Wildman–Crippen MR) is 110 cm³/mol. The molecule has 1 heterocycles. The summed E-state index contributed by atoms with van der Waals surface area (Å²) >= 11 is 0. The van der Waals surface area contributed by atoms with E-state index in [1.54, 1.807) is 30.3 Å². The van der Waals surface area contributed by atoms with Gasteiger partial charge in [-0.05, 0) is 62.2 Å². The van der Waals surface area contributed by atoms with Gasteiger partial charge in [0.05, 0.1) is 0 Å². The van der Waals surface area contributed by atoms with Crippen LogP contribution < -0.4 is 10.6 Å². The fraction of sp³-hybridized carbons (Fsp3) is 0.182. The lowest BCUT2D eigenvalue weighted by molar-refractivity contribution is 0.101. The standard InChI is InChI=1S/C22H22N4O2/c1-14-6-4-5-7-18(14)13-23-22-24-15(2)12-20(26-22)21(28)25-19-10-8-17(9-11-19)16(3)27/h4-12H,13H2,1-3H3,(H,25,28)(H,23,24,26). The molecule has 0 unspecified atom stereocenters. The number of ketones is 1. The molecule has 0 saturated carbocycles. The Kier molecular flexibility index (Phi) is 5.79. The number of carbonyl (C=O) groups is 2. The first-order valence-corrected chi connectivity index (χ1v) is 8.99. The van der Waals surface area contributed by atoms with E-state index in [2.05, 4.69) is 20.6 Å². The highest BCUT2D eigenvalue weighted by molar-refractivity contribution is 6.03. The Labute approximate surface area is 164 Å². The largest absolute Gasteiger partial charge is 0.350 e. The van der Waals surface area contributed by atoms with Gasteiger partial charge in [0.2, 0.25) is 5.95 Å². The molecule has 142 valence electrons. The molecule has 6 nitrogen and oxygen atoms in total. The summed E-state index contributed by atoms with van der Waals surface area (Å²) in [5.74, 6) is 0.0500. The zero-order valence-corrected chi connectivity index (χ0v) is 16.1. The molecule has 3 rings (SSSR count). The number of nitrogens with one attached hydrogen (secondary N) is 2. The third-order valence-corrected chi connectivity index (χ3v) is 4.33. The first-order chi connectivity index (χ1) is 13.4. The van der Waals surface area contributed by atoms with Crippen LogP contribution in [0.2, 0.25) is 0 Å².